The molecule has 4 rings (SSSR count). The highest BCUT2D eigenvalue weighted by Crippen LogP contribution is 2.27. The number of nitrogens with one attached hydrogen (secondary N) is 1. The molecule has 2 aliphatic rings. The minimum atomic E-state index is -3.84. The van der Waals surface area contributed by atoms with E-state index in [1.807, 2.05) is 0 Å². The molecule has 2 aliphatic heterocycles. The molecule has 2 atom stereocenters. The summed E-state index contributed by atoms with van der Waals surface area (Å²) in [4.78, 5) is 50.8. The number of rotatable bonds is 6. The summed E-state index contributed by atoms with van der Waals surface area (Å²) >= 11 is 0. The number of esters is 1. The van der Waals surface area contributed by atoms with E-state index in [0.717, 1.165) is 4.90 Å². The zero-order valence-electron chi connectivity index (χ0n) is 19.3. The topological polar surface area (TPSA) is 130 Å². The Kier molecular flexibility index (Phi) is 6.73. The van der Waals surface area contributed by atoms with Crippen LogP contribution in [0.5, 0.6) is 0 Å². The molecule has 35 heavy (non-hydrogen) atoms. The first kappa shape index (κ1) is 24.6. The van der Waals surface area contributed by atoms with Gasteiger partial charge in [-0.3, -0.25) is 24.1 Å². The van der Waals surface area contributed by atoms with Crippen molar-refractivity contribution in [2.45, 2.75) is 30.7 Å². The van der Waals surface area contributed by atoms with Gasteiger partial charge < -0.3 is 10.1 Å². The Morgan fingerprint density at radius 3 is 2.20 bits per heavy atom. The number of nitrogens with zero attached hydrogens (tertiary/aromatic N) is 2. The van der Waals surface area contributed by atoms with Gasteiger partial charge in [-0.15, -0.1) is 0 Å². The molecule has 0 aromatic heterocycles. The van der Waals surface area contributed by atoms with E-state index in [-0.39, 0.29) is 22.6 Å². The van der Waals surface area contributed by atoms with E-state index >= 15 is 0 Å². The molecular formula is C24H25N3O7S. The fourth-order valence-corrected chi connectivity index (χ4v) is 5.83. The number of fused-ring (bicyclic) bond motifs is 1. The Labute approximate surface area is 202 Å². The maximum atomic E-state index is 13.0. The van der Waals surface area contributed by atoms with Crippen LogP contribution in [0.25, 0.3) is 0 Å². The Bertz CT molecular complexity index is 1260. The summed E-state index contributed by atoms with van der Waals surface area (Å²) in [6.45, 7) is 1.79. The van der Waals surface area contributed by atoms with Crippen molar-refractivity contribution in [3.8, 4) is 0 Å². The molecule has 0 spiro atoms. The molecule has 1 saturated heterocycles. The highest BCUT2D eigenvalue weighted by Gasteiger charge is 2.40. The standard InChI is InChI=1S/C24H25N3O7S/c1-15(27-22(29)19-7-3-4-8-20(19)23(27)30)21(28)25-17-9-11-18(12-10-17)35(32,33)26-13-5-6-16(14-26)24(31)34-2/h3-4,7-12,15-16H,5-6,13-14H2,1-2H3,(H,25,28)/t15-,16-/m1/s1. The number of carbonyl (C=O) groups excluding carboxylic acids is 4. The molecule has 184 valence electrons. The lowest BCUT2D eigenvalue weighted by Gasteiger charge is -2.30. The first-order chi connectivity index (χ1) is 16.6. The third kappa shape index (κ3) is 4.56. The number of piperidine rings is 1. The van der Waals surface area contributed by atoms with Gasteiger partial charge in [-0.1, -0.05) is 12.1 Å². The second kappa shape index (κ2) is 9.59. The van der Waals surface area contributed by atoms with Crippen molar-refractivity contribution in [3.63, 3.8) is 0 Å². The van der Waals surface area contributed by atoms with Gasteiger partial charge in [-0.25, -0.2) is 8.42 Å². The first-order valence-corrected chi connectivity index (χ1v) is 12.5. The second-order valence-electron chi connectivity index (χ2n) is 8.44. The molecular weight excluding hydrogens is 474 g/mol. The van der Waals surface area contributed by atoms with Crippen molar-refractivity contribution in [3.05, 3.63) is 59.7 Å². The second-order valence-corrected chi connectivity index (χ2v) is 10.4. The lowest BCUT2D eigenvalue weighted by Crippen LogP contribution is -2.45. The number of amides is 3. The number of sulfonamides is 1. The zero-order chi connectivity index (χ0) is 25.3. The minimum absolute atomic E-state index is 0.0226. The number of imide groups is 1. The van der Waals surface area contributed by atoms with Gasteiger partial charge in [0.2, 0.25) is 15.9 Å². The highest BCUT2D eigenvalue weighted by atomic mass is 32.2. The van der Waals surface area contributed by atoms with Crippen molar-refractivity contribution in [2.75, 3.05) is 25.5 Å². The Hall–Kier alpha value is -3.57. The predicted molar refractivity (Wildman–Crippen MR) is 125 cm³/mol. The summed E-state index contributed by atoms with van der Waals surface area (Å²) in [5.41, 5.74) is 0.807. The quantitative estimate of drug-likeness (QED) is 0.474. The molecule has 10 nitrogen and oxygen atoms in total. The molecule has 0 aliphatic carbocycles. The largest absolute Gasteiger partial charge is 0.469 e. The molecule has 0 unspecified atom stereocenters. The zero-order valence-corrected chi connectivity index (χ0v) is 20.1. The highest BCUT2D eigenvalue weighted by molar-refractivity contribution is 7.89. The van der Waals surface area contributed by atoms with Crippen LogP contribution in [0.1, 0.15) is 40.5 Å². The van der Waals surface area contributed by atoms with E-state index in [1.54, 1.807) is 12.1 Å². The fourth-order valence-electron chi connectivity index (χ4n) is 4.30. The summed E-state index contributed by atoms with van der Waals surface area (Å²) in [5.74, 6) is -2.61. The number of benzene rings is 2. The maximum Gasteiger partial charge on any atom is 0.309 e. The first-order valence-electron chi connectivity index (χ1n) is 11.1. The third-order valence-corrected chi connectivity index (χ3v) is 8.15. The van der Waals surface area contributed by atoms with Gasteiger partial charge in [-0.2, -0.15) is 4.31 Å². The van der Waals surface area contributed by atoms with E-state index in [0.29, 0.717) is 25.1 Å². The Balaban J connectivity index is 1.44. The van der Waals surface area contributed by atoms with Crippen LogP contribution < -0.4 is 5.32 Å². The van der Waals surface area contributed by atoms with Gasteiger partial charge in [0.1, 0.15) is 6.04 Å². The summed E-state index contributed by atoms with van der Waals surface area (Å²) in [5, 5.41) is 2.62. The van der Waals surface area contributed by atoms with Crippen LogP contribution in [0.2, 0.25) is 0 Å². The van der Waals surface area contributed by atoms with Gasteiger partial charge in [0, 0.05) is 18.8 Å². The van der Waals surface area contributed by atoms with Gasteiger partial charge in [0.25, 0.3) is 11.8 Å². The molecule has 2 aromatic carbocycles. The number of carbonyl (C=O) groups is 4. The summed E-state index contributed by atoms with van der Waals surface area (Å²) < 4.78 is 32.1. The van der Waals surface area contributed by atoms with Crippen LogP contribution in [0.15, 0.2) is 53.4 Å². The van der Waals surface area contributed by atoms with Crippen LogP contribution in [-0.2, 0) is 24.3 Å². The molecule has 11 heteroatoms. The molecule has 1 N–H and O–H groups in total. The number of ether oxygens (including phenoxy) is 1. The van der Waals surface area contributed by atoms with Crippen molar-refractivity contribution in [1.82, 2.24) is 9.21 Å². The normalized spacial score (nSPS) is 19.3. The van der Waals surface area contributed by atoms with Gasteiger partial charge in [0.15, 0.2) is 0 Å². The SMILES string of the molecule is COC(=O)[C@@H]1CCCN(S(=O)(=O)c2ccc(NC(=O)[C@@H](C)N3C(=O)c4ccccc4C3=O)cc2)C1. The molecule has 0 saturated carbocycles. The lowest BCUT2D eigenvalue weighted by molar-refractivity contribution is -0.146. The van der Waals surface area contributed by atoms with Crippen molar-refractivity contribution >= 4 is 39.4 Å². The average Bonchev–Trinajstić information content (AvgIpc) is 3.13. The number of anilines is 1. The van der Waals surface area contributed by atoms with Crippen molar-refractivity contribution < 1.29 is 32.3 Å². The number of hydrogen-bond acceptors (Lipinski definition) is 7. The van der Waals surface area contributed by atoms with E-state index in [9.17, 15) is 27.6 Å². The number of methoxy groups -OCH3 is 1. The maximum absolute atomic E-state index is 13.0. The van der Waals surface area contributed by atoms with Crippen molar-refractivity contribution in [2.24, 2.45) is 5.92 Å². The molecule has 1 fully saturated rings. The molecule has 2 aromatic rings. The van der Waals surface area contributed by atoms with Crippen LogP contribution in [0.3, 0.4) is 0 Å². The summed E-state index contributed by atoms with van der Waals surface area (Å²) in [6.07, 6.45) is 1.11. The van der Waals surface area contributed by atoms with Crippen LogP contribution in [0, 0.1) is 5.92 Å². The van der Waals surface area contributed by atoms with Crippen LogP contribution in [0.4, 0.5) is 5.69 Å². The Morgan fingerprint density at radius 2 is 1.63 bits per heavy atom. The molecule has 0 bridgehead atoms. The van der Waals surface area contributed by atoms with Crippen molar-refractivity contribution in [1.29, 1.82) is 0 Å². The van der Waals surface area contributed by atoms with E-state index in [4.69, 9.17) is 4.74 Å². The minimum Gasteiger partial charge on any atom is -0.469 e. The number of hydrogen-bond donors (Lipinski definition) is 1. The fraction of sp³-hybridized carbons (Fsp3) is 0.333. The predicted octanol–water partition coefficient (Wildman–Crippen LogP) is 1.88. The average molecular weight is 500 g/mol. The van der Waals surface area contributed by atoms with E-state index in [1.165, 1.54) is 54.7 Å². The summed E-state index contributed by atoms with van der Waals surface area (Å²) in [7, 11) is -2.57. The monoisotopic (exact) mass is 499 g/mol. The smallest absolute Gasteiger partial charge is 0.309 e. The molecule has 2 heterocycles. The third-order valence-electron chi connectivity index (χ3n) is 6.27. The van der Waals surface area contributed by atoms with Crippen LogP contribution in [-0.4, -0.2) is 67.6 Å². The van der Waals surface area contributed by atoms with E-state index in [2.05, 4.69) is 5.32 Å². The van der Waals surface area contributed by atoms with Gasteiger partial charge in [0.05, 0.1) is 29.1 Å². The summed E-state index contributed by atoms with van der Waals surface area (Å²) in [6, 6.07) is 10.9. The Morgan fingerprint density at radius 1 is 1.03 bits per heavy atom. The van der Waals surface area contributed by atoms with Gasteiger partial charge >= 0.3 is 5.97 Å². The van der Waals surface area contributed by atoms with Crippen LogP contribution >= 0.6 is 0 Å². The molecule has 0 radical (unpaired) electrons. The lowest BCUT2D eigenvalue weighted by atomic mass is 10.0. The van der Waals surface area contributed by atoms with Gasteiger partial charge in [-0.05, 0) is 56.2 Å². The molecule has 3 amide bonds. The van der Waals surface area contributed by atoms with E-state index < -0.39 is 45.7 Å².